The van der Waals surface area contributed by atoms with Gasteiger partial charge in [0.1, 0.15) is 21.6 Å². The highest BCUT2D eigenvalue weighted by Crippen LogP contribution is 2.43. The van der Waals surface area contributed by atoms with E-state index >= 15 is 0 Å². The number of hydrogen-bond donors (Lipinski definition) is 3. The van der Waals surface area contributed by atoms with Crippen LogP contribution in [0.2, 0.25) is 0 Å². The molecule has 2 atom stereocenters. The van der Waals surface area contributed by atoms with Crippen LogP contribution >= 0.6 is 0 Å². The van der Waals surface area contributed by atoms with Gasteiger partial charge in [-0.2, -0.15) is 23.5 Å². The first-order valence-corrected chi connectivity index (χ1v) is 18.8. The molecular weight excluding hydrogens is 718 g/mol. The van der Waals surface area contributed by atoms with Crippen LogP contribution in [0.3, 0.4) is 0 Å². The third kappa shape index (κ3) is 10.2. The first-order valence-electron chi connectivity index (χ1n) is 17.6. The van der Waals surface area contributed by atoms with Gasteiger partial charge in [-0.05, 0) is 113 Å². The Hall–Kier alpha value is -4.84. The number of benzene rings is 3. The summed E-state index contributed by atoms with van der Waals surface area (Å²) >= 11 is -1.57. The molecule has 0 bridgehead atoms. The van der Waals surface area contributed by atoms with Gasteiger partial charge in [-0.25, -0.2) is 9.48 Å². The van der Waals surface area contributed by atoms with Gasteiger partial charge in [0.25, 0.3) is 5.91 Å². The van der Waals surface area contributed by atoms with Crippen LogP contribution in [0.5, 0.6) is 0 Å². The number of alkyl carbamates (subject to hydrolysis) is 1. The van der Waals surface area contributed by atoms with Crippen LogP contribution in [-0.4, -0.2) is 36.7 Å². The maximum Gasteiger partial charge on any atom is 0.435 e. The number of nitrogens with zero attached hydrogens (tertiary/aromatic N) is 3. The number of halogens is 3. The molecule has 0 spiro atoms. The van der Waals surface area contributed by atoms with Crippen molar-refractivity contribution in [3.8, 4) is 11.8 Å². The van der Waals surface area contributed by atoms with Gasteiger partial charge in [0.2, 0.25) is 0 Å². The third-order valence-corrected chi connectivity index (χ3v) is 10.4. The molecule has 5 rings (SSSR count). The lowest BCUT2D eigenvalue weighted by atomic mass is 9.79. The minimum atomic E-state index is -4.84. The van der Waals surface area contributed by atoms with Crippen LogP contribution in [-0.2, 0) is 34.4 Å². The Kier molecular flexibility index (Phi) is 11.9. The summed E-state index contributed by atoms with van der Waals surface area (Å²) in [5.41, 5.74) is -0.628. The Balaban J connectivity index is 1.51. The second-order valence-corrected chi connectivity index (χ2v) is 17.4. The highest BCUT2D eigenvalue weighted by Gasteiger charge is 2.43. The molecule has 1 heterocycles. The van der Waals surface area contributed by atoms with Crippen molar-refractivity contribution in [1.82, 2.24) is 19.8 Å². The topological polar surface area (TPSA) is 144 Å². The summed E-state index contributed by atoms with van der Waals surface area (Å²) in [4.78, 5) is 26.1. The Labute approximate surface area is 316 Å². The van der Waals surface area contributed by atoms with E-state index in [2.05, 4.69) is 26.5 Å². The first kappa shape index (κ1) is 40.3. The number of nitrogens with one attached hydrogen (secondary N) is 3. The maximum absolute atomic E-state index is 14.0. The average Bonchev–Trinajstić information content (AvgIpc) is 3.81. The van der Waals surface area contributed by atoms with Gasteiger partial charge in [0.05, 0.1) is 17.3 Å². The van der Waals surface area contributed by atoms with E-state index in [0.717, 1.165) is 29.5 Å². The zero-order valence-electron chi connectivity index (χ0n) is 31.1. The zero-order valence-corrected chi connectivity index (χ0v) is 32.0. The smallest absolute Gasteiger partial charge is 0.435 e. The van der Waals surface area contributed by atoms with Gasteiger partial charge in [-0.1, -0.05) is 49.2 Å². The molecule has 2 amide bonds. The second kappa shape index (κ2) is 15.9. The predicted octanol–water partition coefficient (Wildman–Crippen LogP) is 8.53. The van der Waals surface area contributed by atoms with Gasteiger partial charge in [-0.3, -0.25) is 4.79 Å². The number of carbonyl (C=O) groups is 2. The molecule has 0 unspecified atom stereocenters. The third-order valence-electron chi connectivity index (χ3n) is 8.77. The summed E-state index contributed by atoms with van der Waals surface area (Å²) in [5.74, 6) is -0.347. The Morgan fingerprint density at radius 2 is 1.63 bits per heavy atom. The van der Waals surface area contributed by atoms with Crippen molar-refractivity contribution in [3.05, 3.63) is 113 Å². The molecule has 4 aromatic rings. The van der Waals surface area contributed by atoms with Crippen molar-refractivity contribution in [3.63, 3.8) is 0 Å². The largest absolute Gasteiger partial charge is 0.598 e. The van der Waals surface area contributed by atoms with Crippen molar-refractivity contribution >= 4 is 29.0 Å². The van der Waals surface area contributed by atoms with E-state index in [-0.39, 0.29) is 23.6 Å². The van der Waals surface area contributed by atoms with E-state index in [9.17, 15) is 32.6 Å². The summed E-state index contributed by atoms with van der Waals surface area (Å²) in [6, 6.07) is 23.1. The average molecular weight is 763 g/mol. The van der Waals surface area contributed by atoms with Crippen LogP contribution in [0.15, 0.2) is 78.9 Å². The summed E-state index contributed by atoms with van der Waals surface area (Å²) in [7, 11) is 0. The monoisotopic (exact) mass is 762 g/mol. The molecule has 1 saturated carbocycles. The fraction of sp³-hybridized carbons (Fsp3) is 0.400. The van der Waals surface area contributed by atoms with Crippen LogP contribution in [0.25, 0.3) is 5.69 Å². The number of alkyl halides is 3. The molecule has 1 aliphatic rings. The van der Waals surface area contributed by atoms with E-state index in [0.29, 0.717) is 35.1 Å². The van der Waals surface area contributed by atoms with Crippen molar-refractivity contribution in [2.75, 3.05) is 5.32 Å². The number of amides is 2. The van der Waals surface area contributed by atoms with Gasteiger partial charge in [-0.15, -0.1) is 4.72 Å². The second-order valence-electron chi connectivity index (χ2n) is 15.4. The van der Waals surface area contributed by atoms with E-state index in [1.54, 1.807) is 69.3 Å². The van der Waals surface area contributed by atoms with Gasteiger partial charge < -0.3 is 19.9 Å². The van der Waals surface area contributed by atoms with E-state index in [1.807, 2.05) is 32.9 Å². The SMILES string of the molecule is CC(C)(C)OC(=O)NCc1cccc(-n2nc(C(F)(F)F)cc2C(=O)Nc2cccc([C@](CCC3CC3)(N[S@+]([O-])C(C)(C)C)c3cccc(C#N)c3)c2)c1. The van der Waals surface area contributed by atoms with Gasteiger partial charge in [0, 0.05) is 29.7 Å². The van der Waals surface area contributed by atoms with Gasteiger partial charge in [0.15, 0.2) is 5.69 Å². The Morgan fingerprint density at radius 3 is 2.26 bits per heavy atom. The number of aromatic nitrogens is 2. The van der Waals surface area contributed by atoms with Crippen LogP contribution in [0.4, 0.5) is 23.7 Å². The summed E-state index contributed by atoms with van der Waals surface area (Å²) < 4.78 is 64.8. The summed E-state index contributed by atoms with van der Waals surface area (Å²) in [5, 5.41) is 18.9. The molecule has 0 aliphatic heterocycles. The lowest BCUT2D eigenvalue weighted by Gasteiger charge is -2.39. The van der Waals surface area contributed by atoms with Crippen LogP contribution < -0.4 is 15.4 Å². The molecule has 54 heavy (non-hydrogen) atoms. The molecule has 286 valence electrons. The number of rotatable bonds is 12. The van der Waals surface area contributed by atoms with Crippen LogP contribution in [0, 0.1) is 17.2 Å². The number of anilines is 1. The van der Waals surface area contributed by atoms with Crippen molar-refractivity contribution in [1.29, 1.82) is 5.26 Å². The lowest BCUT2D eigenvalue weighted by molar-refractivity contribution is -0.141. The number of hydrogen-bond acceptors (Lipinski definition) is 7. The standard InChI is InChI=1S/C40H45F3N6O4S/c1-37(2,3)53-36(51)45-25-28-11-8-15-32(21-28)49-33(23-34(47-49)40(41,42)43)35(50)46-31-14-9-13-30(22-31)39(19-18-26-16-17-26,48-54(52)38(4,5)6)29-12-7-10-27(20-29)24-44/h7-15,20-23,26,48H,16-19,25H2,1-6H3,(H,45,51)(H,46,50)/t39-,54-/m1/s1. The molecular formula is C40H45F3N6O4S. The minimum Gasteiger partial charge on any atom is -0.598 e. The van der Waals surface area contributed by atoms with Crippen molar-refractivity contribution < 1.29 is 32.0 Å². The molecule has 3 aromatic carbocycles. The predicted molar refractivity (Wildman–Crippen MR) is 201 cm³/mol. The number of nitriles is 1. The summed E-state index contributed by atoms with van der Waals surface area (Å²) in [6.45, 7) is 10.7. The molecule has 1 aromatic heterocycles. The van der Waals surface area contributed by atoms with E-state index in [4.69, 9.17) is 4.74 Å². The molecule has 10 nitrogen and oxygen atoms in total. The molecule has 1 fully saturated rings. The first-order chi connectivity index (χ1) is 25.3. The highest BCUT2D eigenvalue weighted by atomic mass is 32.2. The lowest BCUT2D eigenvalue weighted by Crippen LogP contribution is -2.52. The number of ether oxygens (including phenoxy) is 1. The molecule has 3 N–H and O–H groups in total. The molecule has 1 aliphatic carbocycles. The quantitative estimate of drug-likeness (QED) is 0.123. The van der Waals surface area contributed by atoms with Crippen molar-refractivity contribution in [2.45, 2.75) is 95.8 Å². The fourth-order valence-corrected chi connectivity index (χ4v) is 6.80. The Bertz CT molecular complexity index is 2030. The number of carbonyl (C=O) groups excluding carboxylic acids is 2. The highest BCUT2D eigenvalue weighted by molar-refractivity contribution is 7.90. The normalized spacial score (nSPS) is 15.1. The molecule has 0 saturated heterocycles. The zero-order chi connectivity index (χ0) is 39.5. The van der Waals surface area contributed by atoms with Gasteiger partial charge >= 0.3 is 12.3 Å². The fourth-order valence-electron chi connectivity index (χ4n) is 5.84. The Morgan fingerprint density at radius 1 is 0.963 bits per heavy atom. The van der Waals surface area contributed by atoms with Crippen LogP contribution in [0.1, 0.15) is 106 Å². The van der Waals surface area contributed by atoms with E-state index < -0.39 is 51.1 Å². The molecule has 14 heteroatoms. The van der Waals surface area contributed by atoms with E-state index in [1.165, 1.54) is 12.1 Å². The summed E-state index contributed by atoms with van der Waals surface area (Å²) in [6.07, 6.45) is -1.99. The maximum atomic E-state index is 14.0. The molecule has 0 radical (unpaired) electrons. The minimum absolute atomic E-state index is 0.0122. The van der Waals surface area contributed by atoms with Crippen molar-refractivity contribution in [2.24, 2.45) is 5.92 Å².